The van der Waals surface area contributed by atoms with E-state index in [1.165, 1.54) is 0 Å². The van der Waals surface area contributed by atoms with Gasteiger partial charge in [0.1, 0.15) is 6.61 Å². The molecule has 218 valence electrons. The minimum Gasteiger partial charge on any atom is -0.449 e. The number of alkyl carbamates (subject to hydrolysis) is 1. The number of amides is 1. The van der Waals surface area contributed by atoms with E-state index in [0.29, 0.717) is 11.9 Å². The number of allylic oxidation sites excluding steroid dienone is 4. The van der Waals surface area contributed by atoms with Crippen LogP contribution in [0.2, 0.25) is 0 Å². The molecule has 1 N–H and O–H groups in total. The molecule has 1 amide bonds. The molecular formula is C33H45BrN2O4. The molecule has 0 aliphatic heterocycles. The van der Waals surface area contributed by atoms with Gasteiger partial charge in [0.25, 0.3) is 0 Å². The Morgan fingerprint density at radius 3 is 2.40 bits per heavy atom. The van der Waals surface area contributed by atoms with Crippen LogP contribution in [0.4, 0.5) is 4.79 Å². The number of fused-ring (bicyclic) bond motifs is 7. The third-order valence-corrected chi connectivity index (χ3v) is 13.1. The molecule has 0 aromatic heterocycles. The van der Waals surface area contributed by atoms with Crippen molar-refractivity contribution in [2.24, 2.45) is 44.8 Å². The van der Waals surface area contributed by atoms with Crippen molar-refractivity contribution >= 4 is 33.6 Å². The fourth-order valence-corrected chi connectivity index (χ4v) is 10.4. The number of rotatable bonds is 3. The fourth-order valence-electron chi connectivity index (χ4n) is 10.2. The van der Waals surface area contributed by atoms with Gasteiger partial charge in [0.15, 0.2) is 11.6 Å². The monoisotopic (exact) mass is 612 g/mol. The number of carbonyl (C=O) groups is 3. The Hall–Kier alpha value is -1.94. The Morgan fingerprint density at radius 2 is 1.75 bits per heavy atom. The third-order valence-electron chi connectivity index (χ3n) is 12.8. The average Bonchev–Trinajstić information content (AvgIpc) is 2.87. The first kappa shape index (κ1) is 29.5. The second-order valence-corrected chi connectivity index (χ2v) is 16.0. The van der Waals surface area contributed by atoms with Gasteiger partial charge in [-0.25, -0.2) is 9.64 Å². The molecular weight excluding hydrogens is 568 g/mol. The molecule has 40 heavy (non-hydrogen) atoms. The molecule has 0 saturated heterocycles. The Bertz CT molecular complexity index is 1260. The number of halogens is 1. The van der Waals surface area contributed by atoms with Gasteiger partial charge in [0.05, 0.1) is 6.57 Å². The lowest BCUT2D eigenvalue weighted by Crippen LogP contribution is -2.65. The largest absolute Gasteiger partial charge is 0.449 e. The molecule has 0 bridgehead atoms. The number of ketones is 2. The Balaban J connectivity index is 1.58. The van der Waals surface area contributed by atoms with E-state index < -0.39 is 22.5 Å². The number of nitrogens with zero attached hydrogens (tertiary/aromatic N) is 1. The van der Waals surface area contributed by atoms with E-state index in [-0.39, 0.29) is 51.3 Å². The van der Waals surface area contributed by atoms with Gasteiger partial charge < -0.3 is 14.8 Å². The number of ether oxygens (including phenoxy) is 1. The molecule has 0 unspecified atom stereocenters. The number of hydrogen-bond donors (Lipinski definition) is 1. The average molecular weight is 614 g/mol. The molecule has 0 heterocycles. The van der Waals surface area contributed by atoms with E-state index in [4.69, 9.17) is 11.3 Å². The van der Waals surface area contributed by atoms with Crippen molar-refractivity contribution in [2.75, 3.05) is 11.9 Å². The molecule has 0 spiro atoms. The second kappa shape index (κ2) is 9.28. The van der Waals surface area contributed by atoms with Crippen LogP contribution in [0.1, 0.15) is 93.4 Å². The minimum atomic E-state index is -0.655. The summed E-state index contributed by atoms with van der Waals surface area (Å²) in [4.78, 5) is 43.9. The summed E-state index contributed by atoms with van der Waals surface area (Å²) < 4.78 is 5.33. The SMILES string of the molecule is [C-]#[N+]C1=C[C@]2(C)C3=CC(=O)[C@@H]4[C@@H]5C[C@@](C)(NC(=O)OCCBr)CC[C@]5(C)CC[C@@]4(C)[C@]3(C)CC[C@H]2C(C)(C)C1=O. The maximum Gasteiger partial charge on any atom is 0.407 e. The maximum atomic E-state index is 14.5. The first-order valence-electron chi connectivity index (χ1n) is 14.9. The summed E-state index contributed by atoms with van der Waals surface area (Å²) >= 11 is 3.31. The highest BCUT2D eigenvalue weighted by Gasteiger charge is 2.69. The van der Waals surface area contributed by atoms with Crippen LogP contribution >= 0.6 is 15.9 Å². The zero-order valence-corrected chi connectivity index (χ0v) is 26.8. The van der Waals surface area contributed by atoms with Crippen molar-refractivity contribution in [2.45, 2.75) is 99.0 Å². The molecule has 5 aliphatic rings. The number of hydrogen-bond acceptors (Lipinski definition) is 4. The highest BCUT2D eigenvalue weighted by Crippen LogP contribution is 2.74. The molecule has 0 aromatic carbocycles. The molecule has 5 rings (SSSR count). The van der Waals surface area contributed by atoms with E-state index in [9.17, 15) is 14.4 Å². The summed E-state index contributed by atoms with van der Waals surface area (Å²) in [5, 5.41) is 3.76. The third kappa shape index (κ3) is 3.94. The predicted octanol–water partition coefficient (Wildman–Crippen LogP) is 7.43. The predicted molar refractivity (Wildman–Crippen MR) is 158 cm³/mol. The molecule has 8 atom stereocenters. The summed E-state index contributed by atoms with van der Waals surface area (Å²) in [7, 11) is 0. The van der Waals surface area contributed by atoms with Crippen LogP contribution in [0.5, 0.6) is 0 Å². The van der Waals surface area contributed by atoms with E-state index in [0.717, 1.165) is 50.5 Å². The van der Waals surface area contributed by atoms with Crippen molar-refractivity contribution in [1.82, 2.24) is 5.32 Å². The normalized spacial score (nSPS) is 45.4. The van der Waals surface area contributed by atoms with Crippen molar-refractivity contribution in [3.8, 4) is 0 Å². The summed E-state index contributed by atoms with van der Waals surface area (Å²) in [6.45, 7) is 23.4. The summed E-state index contributed by atoms with van der Waals surface area (Å²) in [6, 6.07) is 0. The van der Waals surface area contributed by atoms with E-state index in [1.807, 2.05) is 26.0 Å². The number of nitrogens with one attached hydrogen (secondary N) is 1. The van der Waals surface area contributed by atoms with Crippen molar-refractivity contribution in [3.63, 3.8) is 0 Å². The molecule has 3 fully saturated rings. The van der Waals surface area contributed by atoms with Gasteiger partial charge in [-0.15, -0.1) is 0 Å². The lowest BCUT2D eigenvalue weighted by atomic mass is 9.34. The first-order valence-corrected chi connectivity index (χ1v) is 16.1. The van der Waals surface area contributed by atoms with Crippen molar-refractivity contribution in [1.29, 1.82) is 0 Å². The number of Topliss-reactive ketones (excluding diaryl/α,β-unsaturated/α-hetero) is 1. The van der Waals surface area contributed by atoms with Crippen LogP contribution < -0.4 is 5.32 Å². The highest BCUT2D eigenvalue weighted by molar-refractivity contribution is 9.09. The number of carbonyl (C=O) groups excluding carboxylic acids is 3. The lowest BCUT2D eigenvalue weighted by molar-refractivity contribution is -0.166. The smallest absolute Gasteiger partial charge is 0.407 e. The van der Waals surface area contributed by atoms with Crippen molar-refractivity contribution < 1.29 is 19.1 Å². The van der Waals surface area contributed by atoms with Crippen LogP contribution in [-0.4, -0.2) is 35.1 Å². The summed E-state index contributed by atoms with van der Waals surface area (Å²) in [6.07, 6.45) is 9.89. The molecule has 3 saturated carbocycles. The van der Waals surface area contributed by atoms with Crippen LogP contribution in [0, 0.1) is 51.4 Å². The standard InChI is InChI=1S/C33H45BrN2O4/c1-28(2)23-9-10-32(6)24(31(23,5)19-21(35-8)26(28)38)17-22(37)25-20-18-30(4,36-27(39)40-16-15-34)13-11-29(20,3)12-14-33(25,32)7/h17,19-20,23,25H,9-16,18H2,1-7H3,(H,36,39)/t20-,23-,25-,29+,30-,31-,32+,33+/m0/s1. The first-order chi connectivity index (χ1) is 18.5. The van der Waals surface area contributed by atoms with Crippen LogP contribution in [0.15, 0.2) is 23.4 Å². The second-order valence-electron chi connectivity index (χ2n) is 15.2. The minimum absolute atomic E-state index is 0.0417. The van der Waals surface area contributed by atoms with Crippen LogP contribution in [0.25, 0.3) is 4.85 Å². The van der Waals surface area contributed by atoms with Gasteiger partial charge in [-0.2, -0.15) is 0 Å². The quantitative estimate of drug-likeness (QED) is 0.265. The van der Waals surface area contributed by atoms with Gasteiger partial charge in [0, 0.05) is 27.6 Å². The van der Waals surface area contributed by atoms with E-state index in [2.05, 4.69) is 60.7 Å². The fraction of sp³-hybridized carbons (Fsp3) is 0.758. The van der Waals surface area contributed by atoms with Gasteiger partial charge in [-0.1, -0.05) is 69.1 Å². The Labute approximate surface area is 248 Å². The zero-order valence-electron chi connectivity index (χ0n) is 25.2. The van der Waals surface area contributed by atoms with Crippen LogP contribution in [-0.2, 0) is 14.3 Å². The Morgan fingerprint density at radius 1 is 1.07 bits per heavy atom. The van der Waals surface area contributed by atoms with E-state index in [1.54, 1.807) is 0 Å². The molecule has 7 heteroatoms. The lowest BCUT2D eigenvalue weighted by Gasteiger charge is -2.69. The van der Waals surface area contributed by atoms with E-state index >= 15 is 0 Å². The van der Waals surface area contributed by atoms with Gasteiger partial charge in [-0.3, -0.25) is 4.79 Å². The summed E-state index contributed by atoms with van der Waals surface area (Å²) in [5.41, 5.74) is -0.700. The van der Waals surface area contributed by atoms with Gasteiger partial charge in [-0.05, 0) is 86.0 Å². The molecule has 0 radical (unpaired) electrons. The van der Waals surface area contributed by atoms with Crippen molar-refractivity contribution in [3.05, 3.63) is 34.8 Å². The Kier molecular flexibility index (Phi) is 6.86. The maximum absolute atomic E-state index is 14.5. The number of alkyl halides is 1. The molecule has 0 aromatic rings. The summed E-state index contributed by atoms with van der Waals surface area (Å²) in [5.74, 6) is 0.172. The molecule has 5 aliphatic carbocycles. The van der Waals surface area contributed by atoms with Gasteiger partial charge in [0.2, 0.25) is 5.70 Å². The van der Waals surface area contributed by atoms with Crippen LogP contribution in [0.3, 0.4) is 0 Å². The topological polar surface area (TPSA) is 76.8 Å². The zero-order chi connectivity index (χ0) is 29.5. The highest BCUT2D eigenvalue weighted by atomic mass is 79.9. The molecule has 6 nitrogen and oxygen atoms in total. The van der Waals surface area contributed by atoms with Gasteiger partial charge >= 0.3 is 6.09 Å².